The van der Waals surface area contributed by atoms with Crippen LogP contribution in [0, 0.1) is 11.3 Å². The summed E-state index contributed by atoms with van der Waals surface area (Å²) in [4.78, 5) is 2.69. The van der Waals surface area contributed by atoms with Crippen LogP contribution in [0.15, 0.2) is 0 Å². The summed E-state index contributed by atoms with van der Waals surface area (Å²) in [5, 5.41) is 9.76. The molecule has 2 nitrogen and oxygen atoms in total. The molecular formula is C17H35NO. The van der Waals surface area contributed by atoms with Crippen LogP contribution >= 0.6 is 0 Å². The third-order valence-corrected chi connectivity index (χ3v) is 4.65. The van der Waals surface area contributed by atoms with Crippen molar-refractivity contribution in [3.63, 3.8) is 0 Å². The predicted octanol–water partition coefficient (Wildman–Crippen LogP) is 4.08. The first-order valence-electron chi connectivity index (χ1n) is 8.35. The number of nitrogens with zero attached hydrogens (tertiary/aromatic N) is 1. The average molecular weight is 269 g/mol. The lowest BCUT2D eigenvalue weighted by atomic mass is 9.85. The summed E-state index contributed by atoms with van der Waals surface area (Å²) >= 11 is 0. The lowest BCUT2D eigenvalue weighted by molar-refractivity contribution is 0.0574. The monoisotopic (exact) mass is 269 g/mol. The molecule has 0 amide bonds. The van der Waals surface area contributed by atoms with Crippen molar-refractivity contribution in [2.75, 3.05) is 19.7 Å². The van der Waals surface area contributed by atoms with E-state index in [0.29, 0.717) is 6.61 Å². The van der Waals surface area contributed by atoms with Crippen LogP contribution in [0.2, 0.25) is 0 Å². The van der Waals surface area contributed by atoms with Crippen LogP contribution in [0.4, 0.5) is 0 Å². The minimum atomic E-state index is 0.0916. The Kier molecular flexibility index (Phi) is 7.38. The fourth-order valence-electron chi connectivity index (χ4n) is 3.39. The molecule has 1 rings (SSSR count). The van der Waals surface area contributed by atoms with Crippen LogP contribution < -0.4 is 0 Å². The van der Waals surface area contributed by atoms with Gasteiger partial charge in [0.25, 0.3) is 0 Å². The van der Waals surface area contributed by atoms with Gasteiger partial charge in [-0.25, -0.2) is 0 Å². The Bertz CT molecular complexity index is 235. The van der Waals surface area contributed by atoms with E-state index in [9.17, 15) is 5.11 Å². The Morgan fingerprint density at radius 2 is 1.89 bits per heavy atom. The maximum Gasteiger partial charge on any atom is 0.0497 e. The summed E-state index contributed by atoms with van der Waals surface area (Å²) in [5.74, 6) is 0.774. The topological polar surface area (TPSA) is 23.5 Å². The average Bonchev–Trinajstić information content (AvgIpc) is 2.88. The van der Waals surface area contributed by atoms with E-state index in [-0.39, 0.29) is 5.41 Å². The SMILES string of the molecule is CCCC(C)(CO)CN(CCC(C)C)C1CCCC1. The van der Waals surface area contributed by atoms with Crippen molar-refractivity contribution in [3.05, 3.63) is 0 Å². The molecule has 1 saturated carbocycles. The highest BCUT2D eigenvalue weighted by atomic mass is 16.3. The molecule has 0 heterocycles. The van der Waals surface area contributed by atoms with Gasteiger partial charge < -0.3 is 5.11 Å². The van der Waals surface area contributed by atoms with Crippen molar-refractivity contribution in [1.82, 2.24) is 4.90 Å². The minimum Gasteiger partial charge on any atom is -0.396 e. The highest BCUT2D eigenvalue weighted by molar-refractivity contribution is 4.84. The first-order valence-corrected chi connectivity index (χ1v) is 8.35. The van der Waals surface area contributed by atoms with Crippen LogP contribution in [0.25, 0.3) is 0 Å². The highest BCUT2D eigenvalue weighted by Gasteiger charge is 2.30. The fraction of sp³-hybridized carbons (Fsp3) is 1.00. The molecule has 1 aliphatic rings. The van der Waals surface area contributed by atoms with Gasteiger partial charge in [-0.1, -0.05) is 47.0 Å². The quantitative estimate of drug-likeness (QED) is 0.682. The van der Waals surface area contributed by atoms with Gasteiger partial charge in [-0.05, 0) is 38.1 Å². The molecule has 1 atom stereocenters. The Balaban J connectivity index is 2.60. The summed E-state index contributed by atoms with van der Waals surface area (Å²) in [6, 6.07) is 0.779. The van der Waals surface area contributed by atoms with Crippen molar-refractivity contribution >= 4 is 0 Å². The van der Waals surface area contributed by atoms with E-state index in [1.165, 1.54) is 45.1 Å². The molecule has 1 N–H and O–H groups in total. The zero-order valence-electron chi connectivity index (χ0n) is 13.6. The third kappa shape index (κ3) is 5.83. The van der Waals surface area contributed by atoms with E-state index in [4.69, 9.17) is 0 Å². The molecule has 0 aromatic carbocycles. The molecule has 0 aromatic rings. The van der Waals surface area contributed by atoms with Crippen LogP contribution in [-0.2, 0) is 0 Å². The summed E-state index contributed by atoms with van der Waals surface area (Å²) in [7, 11) is 0. The summed E-state index contributed by atoms with van der Waals surface area (Å²) < 4.78 is 0. The first-order chi connectivity index (χ1) is 9.00. The standard InChI is InChI=1S/C17H35NO/c1-5-11-17(4,14-19)13-18(12-10-15(2)3)16-8-6-7-9-16/h15-16,19H,5-14H2,1-4H3. The normalized spacial score (nSPS) is 20.4. The van der Waals surface area contributed by atoms with Crippen molar-refractivity contribution in [1.29, 1.82) is 0 Å². The fourth-order valence-corrected chi connectivity index (χ4v) is 3.39. The molecule has 0 aliphatic heterocycles. The molecule has 114 valence electrons. The van der Waals surface area contributed by atoms with Crippen LogP contribution in [-0.4, -0.2) is 35.7 Å². The van der Waals surface area contributed by atoms with Gasteiger partial charge in [0.05, 0.1) is 0 Å². The van der Waals surface area contributed by atoms with Crippen LogP contribution in [0.3, 0.4) is 0 Å². The van der Waals surface area contributed by atoms with E-state index in [2.05, 4.69) is 32.6 Å². The number of aliphatic hydroxyl groups is 1. The van der Waals surface area contributed by atoms with E-state index in [1.807, 2.05) is 0 Å². The first kappa shape index (κ1) is 17.0. The maximum absolute atomic E-state index is 9.76. The van der Waals surface area contributed by atoms with Crippen molar-refractivity contribution in [2.24, 2.45) is 11.3 Å². The molecule has 1 fully saturated rings. The predicted molar refractivity (Wildman–Crippen MR) is 83.4 cm³/mol. The molecule has 19 heavy (non-hydrogen) atoms. The zero-order valence-corrected chi connectivity index (χ0v) is 13.6. The van der Waals surface area contributed by atoms with Crippen molar-refractivity contribution in [2.45, 2.75) is 78.7 Å². The molecule has 1 unspecified atom stereocenters. The molecule has 0 radical (unpaired) electrons. The lowest BCUT2D eigenvalue weighted by Crippen LogP contribution is -2.43. The van der Waals surface area contributed by atoms with E-state index in [1.54, 1.807) is 0 Å². The van der Waals surface area contributed by atoms with Crippen molar-refractivity contribution in [3.8, 4) is 0 Å². The second kappa shape index (κ2) is 8.26. The van der Waals surface area contributed by atoms with Gasteiger partial charge in [-0.15, -0.1) is 0 Å². The van der Waals surface area contributed by atoms with Gasteiger partial charge in [0.15, 0.2) is 0 Å². The van der Waals surface area contributed by atoms with Gasteiger partial charge in [0, 0.05) is 24.6 Å². The Labute approximate surface area is 120 Å². The summed E-state index contributed by atoms with van der Waals surface area (Å²) in [6.07, 6.45) is 9.11. The molecule has 1 aliphatic carbocycles. The van der Waals surface area contributed by atoms with Crippen LogP contribution in [0.1, 0.15) is 72.6 Å². The number of rotatable bonds is 9. The van der Waals surface area contributed by atoms with Gasteiger partial charge in [0.2, 0.25) is 0 Å². The smallest absolute Gasteiger partial charge is 0.0497 e. The van der Waals surface area contributed by atoms with Crippen molar-refractivity contribution < 1.29 is 5.11 Å². The largest absolute Gasteiger partial charge is 0.396 e. The van der Waals surface area contributed by atoms with Gasteiger partial charge in [-0.2, -0.15) is 0 Å². The minimum absolute atomic E-state index is 0.0916. The summed E-state index contributed by atoms with van der Waals surface area (Å²) in [5.41, 5.74) is 0.0916. The van der Waals surface area contributed by atoms with E-state index in [0.717, 1.165) is 24.9 Å². The highest BCUT2D eigenvalue weighted by Crippen LogP contribution is 2.30. The molecule has 2 heteroatoms. The van der Waals surface area contributed by atoms with E-state index >= 15 is 0 Å². The van der Waals surface area contributed by atoms with E-state index < -0.39 is 0 Å². The molecule has 0 spiro atoms. The summed E-state index contributed by atoms with van der Waals surface area (Å²) in [6.45, 7) is 11.7. The maximum atomic E-state index is 9.76. The van der Waals surface area contributed by atoms with Gasteiger partial charge in [0.1, 0.15) is 0 Å². The molecule has 0 saturated heterocycles. The van der Waals surface area contributed by atoms with Gasteiger partial charge >= 0.3 is 0 Å². The number of hydrogen-bond donors (Lipinski definition) is 1. The number of hydrogen-bond acceptors (Lipinski definition) is 2. The molecular weight excluding hydrogens is 234 g/mol. The Morgan fingerprint density at radius 3 is 2.37 bits per heavy atom. The Hall–Kier alpha value is -0.0800. The third-order valence-electron chi connectivity index (χ3n) is 4.65. The molecule has 0 aromatic heterocycles. The Morgan fingerprint density at radius 1 is 1.26 bits per heavy atom. The van der Waals surface area contributed by atoms with Gasteiger partial charge in [-0.3, -0.25) is 4.90 Å². The number of aliphatic hydroxyl groups excluding tert-OH is 1. The second-order valence-electron chi connectivity index (χ2n) is 7.31. The second-order valence-corrected chi connectivity index (χ2v) is 7.31. The molecule has 0 bridgehead atoms. The lowest BCUT2D eigenvalue weighted by Gasteiger charge is -2.38. The zero-order chi connectivity index (χ0) is 14.3. The van der Waals surface area contributed by atoms with Crippen LogP contribution in [0.5, 0.6) is 0 Å².